The lowest BCUT2D eigenvalue weighted by atomic mass is 9.85. The molecule has 2 aromatic rings. The molecule has 0 saturated heterocycles. The molecule has 0 fully saturated rings. The van der Waals surface area contributed by atoms with Gasteiger partial charge in [0.05, 0.1) is 5.52 Å². The highest BCUT2D eigenvalue weighted by molar-refractivity contribution is 5.81. The highest BCUT2D eigenvalue weighted by Crippen LogP contribution is 2.25. The van der Waals surface area contributed by atoms with Crippen molar-refractivity contribution in [1.82, 2.24) is 10.3 Å². The summed E-state index contributed by atoms with van der Waals surface area (Å²) in [6, 6.07) is 6.90. The van der Waals surface area contributed by atoms with Crippen molar-refractivity contribution in [2.75, 3.05) is 13.6 Å². The van der Waals surface area contributed by atoms with Gasteiger partial charge in [0.1, 0.15) is 5.82 Å². The molecule has 3 heteroatoms. The maximum atomic E-state index is 13.5. The molecule has 0 amide bonds. The predicted octanol–water partition coefficient (Wildman–Crippen LogP) is 4.97. The summed E-state index contributed by atoms with van der Waals surface area (Å²) in [6.07, 6.45) is 7.73. The van der Waals surface area contributed by atoms with Gasteiger partial charge in [-0.1, -0.05) is 26.7 Å². The van der Waals surface area contributed by atoms with Gasteiger partial charge in [0.25, 0.3) is 0 Å². The molecule has 0 radical (unpaired) electrons. The number of benzene rings is 1. The SMILES string of the molecule is CCCC(CCCc1ccnc2ccc(F)cc12)C(C)CNC. The van der Waals surface area contributed by atoms with Crippen LogP contribution in [0.15, 0.2) is 30.5 Å². The third-order valence-electron chi connectivity index (χ3n) is 4.81. The van der Waals surface area contributed by atoms with Gasteiger partial charge in [0, 0.05) is 11.6 Å². The zero-order valence-corrected chi connectivity index (χ0v) is 14.6. The van der Waals surface area contributed by atoms with E-state index in [1.54, 1.807) is 12.1 Å². The predicted molar refractivity (Wildman–Crippen MR) is 96.1 cm³/mol. The number of halogens is 1. The van der Waals surface area contributed by atoms with Crippen molar-refractivity contribution in [2.24, 2.45) is 11.8 Å². The van der Waals surface area contributed by atoms with Crippen molar-refractivity contribution in [3.05, 3.63) is 41.8 Å². The molecule has 0 aliphatic heterocycles. The summed E-state index contributed by atoms with van der Waals surface area (Å²) in [6.45, 7) is 5.68. The second kappa shape index (κ2) is 8.97. The fourth-order valence-corrected chi connectivity index (χ4v) is 3.52. The highest BCUT2D eigenvalue weighted by atomic mass is 19.1. The van der Waals surface area contributed by atoms with Gasteiger partial charge in [0.2, 0.25) is 0 Å². The Hall–Kier alpha value is -1.48. The third kappa shape index (κ3) is 5.00. The number of fused-ring (bicyclic) bond motifs is 1. The van der Waals surface area contributed by atoms with Crippen LogP contribution < -0.4 is 5.32 Å². The van der Waals surface area contributed by atoms with Crippen molar-refractivity contribution in [1.29, 1.82) is 0 Å². The van der Waals surface area contributed by atoms with Crippen LogP contribution in [-0.2, 0) is 6.42 Å². The summed E-state index contributed by atoms with van der Waals surface area (Å²) in [5, 5.41) is 4.26. The molecular formula is C20H29FN2. The van der Waals surface area contributed by atoms with Crippen LogP contribution in [-0.4, -0.2) is 18.6 Å². The average Bonchev–Trinajstić information content (AvgIpc) is 2.54. The molecule has 1 aromatic carbocycles. The van der Waals surface area contributed by atoms with E-state index in [9.17, 15) is 4.39 Å². The molecule has 0 aliphatic carbocycles. The van der Waals surface area contributed by atoms with Crippen LogP contribution in [0, 0.1) is 17.7 Å². The smallest absolute Gasteiger partial charge is 0.123 e. The molecule has 2 nitrogen and oxygen atoms in total. The molecule has 0 spiro atoms. The Labute approximate surface area is 139 Å². The van der Waals surface area contributed by atoms with Crippen molar-refractivity contribution < 1.29 is 4.39 Å². The summed E-state index contributed by atoms with van der Waals surface area (Å²) in [4.78, 5) is 4.33. The molecule has 1 aromatic heterocycles. The summed E-state index contributed by atoms with van der Waals surface area (Å²) in [7, 11) is 2.02. The molecular weight excluding hydrogens is 287 g/mol. The van der Waals surface area contributed by atoms with E-state index in [1.165, 1.54) is 30.9 Å². The summed E-state index contributed by atoms with van der Waals surface area (Å²) >= 11 is 0. The molecule has 126 valence electrons. The van der Waals surface area contributed by atoms with E-state index < -0.39 is 0 Å². The van der Waals surface area contributed by atoms with Crippen LogP contribution in [0.4, 0.5) is 4.39 Å². The number of rotatable bonds is 9. The number of nitrogens with one attached hydrogen (secondary N) is 1. The molecule has 2 rings (SSSR count). The molecule has 1 N–H and O–H groups in total. The first kappa shape index (κ1) is 17.9. The van der Waals surface area contributed by atoms with Crippen molar-refractivity contribution in [2.45, 2.75) is 46.0 Å². The molecule has 0 aliphatic rings. The van der Waals surface area contributed by atoms with E-state index in [0.29, 0.717) is 5.92 Å². The van der Waals surface area contributed by atoms with Gasteiger partial charge in [-0.25, -0.2) is 4.39 Å². The second-order valence-electron chi connectivity index (χ2n) is 6.61. The minimum absolute atomic E-state index is 0.182. The Morgan fingerprint density at radius 1 is 1.22 bits per heavy atom. The van der Waals surface area contributed by atoms with Gasteiger partial charge in [-0.2, -0.15) is 0 Å². The quantitative estimate of drug-likeness (QED) is 0.706. The first-order valence-corrected chi connectivity index (χ1v) is 8.83. The lowest BCUT2D eigenvalue weighted by Gasteiger charge is -2.23. The van der Waals surface area contributed by atoms with Crippen LogP contribution in [0.3, 0.4) is 0 Å². The van der Waals surface area contributed by atoms with Crippen LogP contribution in [0.2, 0.25) is 0 Å². The van der Waals surface area contributed by atoms with Crippen LogP contribution in [0.25, 0.3) is 10.9 Å². The first-order chi connectivity index (χ1) is 11.2. The minimum Gasteiger partial charge on any atom is -0.319 e. The fourth-order valence-electron chi connectivity index (χ4n) is 3.52. The lowest BCUT2D eigenvalue weighted by molar-refractivity contribution is 0.300. The lowest BCUT2D eigenvalue weighted by Crippen LogP contribution is -2.23. The number of hydrogen-bond acceptors (Lipinski definition) is 2. The summed E-state index contributed by atoms with van der Waals surface area (Å²) in [5.41, 5.74) is 2.10. The van der Waals surface area contributed by atoms with E-state index in [-0.39, 0.29) is 5.82 Å². The van der Waals surface area contributed by atoms with E-state index in [4.69, 9.17) is 0 Å². The van der Waals surface area contributed by atoms with Gasteiger partial charge in [-0.05, 0) is 74.5 Å². The van der Waals surface area contributed by atoms with Crippen LogP contribution >= 0.6 is 0 Å². The Morgan fingerprint density at radius 2 is 2.04 bits per heavy atom. The second-order valence-corrected chi connectivity index (χ2v) is 6.61. The molecule has 2 atom stereocenters. The van der Waals surface area contributed by atoms with E-state index >= 15 is 0 Å². The van der Waals surface area contributed by atoms with E-state index in [2.05, 4.69) is 24.1 Å². The number of aryl methyl sites for hydroxylation is 1. The summed E-state index contributed by atoms with van der Waals surface area (Å²) in [5.74, 6) is 1.28. The molecule has 0 bridgehead atoms. The highest BCUT2D eigenvalue weighted by Gasteiger charge is 2.15. The Morgan fingerprint density at radius 3 is 2.78 bits per heavy atom. The molecule has 23 heavy (non-hydrogen) atoms. The number of hydrogen-bond donors (Lipinski definition) is 1. The number of nitrogens with zero attached hydrogens (tertiary/aromatic N) is 1. The standard InChI is InChI=1S/C20H29FN2/c1-4-6-16(15(2)14-22-3)7-5-8-17-11-12-23-20-10-9-18(21)13-19(17)20/h9-13,15-16,22H,4-8,14H2,1-3H3. The molecule has 0 saturated carbocycles. The zero-order valence-electron chi connectivity index (χ0n) is 14.6. The molecule has 2 unspecified atom stereocenters. The number of aromatic nitrogens is 1. The Bertz CT molecular complexity index is 612. The first-order valence-electron chi connectivity index (χ1n) is 8.83. The van der Waals surface area contributed by atoms with Gasteiger partial charge in [-0.3, -0.25) is 4.98 Å². The topological polar surface area (TPSA) is 24.9 Å². The summed E-state index contributed by atoms with van der Waals surface area (Å²) < 4.78 is 13.5. The van der Waals surface area contributed by atoms with E-state index in [0.717, 1.165) is 36.2 Å². The Balaban J connectivity index is 2.01. The minimum atomic E-state index is -0.182. The van der Waals surface area contributed by atoms with Crippen molar-refractivity contribution >= 4 is 10.9 Å². The van der Waals surface area contributed by atoms with Gasteiger partial charge < -0.3 is 5.32 Å². The van der Waals surface area contributed by atoms with Crippen molar-refractivity contribution in [3.63, 3.8) is 0 Å². The average molecular weight is 316 g/mol. The van der Waals surface area contributed by atoms with E-state index in [1.807, 2.05) is 19.3 Å². The third-order valence-corrected chi connectivity index (χ3v) is 4.81. The zero-order chi connectivity index (χ0) is 16.7. The van der Waals surface area contributed by atoms with Crippen LogP contribution in [0.1, 0.15) is 45.1 Å². The largest absolute Gasteiger partial charge is 0.319 e. The Kier molecular flexibility index (Phi) is 6.97. The van der Waals surface area contributed by atoms with Gasteiger partial charge in [0.15, 0.2) is 0 Å². The van der Waals surface area contributed by atoms with Gasteiger partial charge >= 0.3 is 0 Å². The maximum Gasteiger partial charge on any atom is 0.123 e. The van der Waals surface area contributed by atoms with Crippen molar-refractivity contribution in [3.8, 4) is 0 Å². The van der Waals surface area contributed by atoms with Gasteiger partial charge in [-0.15, -0.1) is 0 Å². The fraction of sp³-hybridized carbons (Fsp3) is 0.550. The normalized spacial score (nSPS) is 14.1. The number of pyridine rings is 1. The monoisotopic (exact) mass is 316 g/mol. The molecule has 1 heterocycles. The maximum absolute atomic E-state index is 13.5. The van der Waals surface area contributed by atoms with Crippen LogP contribution in [0.5, 0.6) is 0 Å².